The van der Waals surface area contributed by atoms with Crippen LogP contribution in [0.2, 0.25) is 0 Å². The molecule has 1 aromatic carbocycles. The molecule has 0 aliphatic heterocycles. The van der Waals surface area contributed by atoms with Crippen molar-refractivity contribution in [3.63, 3.8) is 0 Å². The Labute approximate surface area is 106 Å². The molecule has 78 valence electrons. The quantitative estimate of drug-likeness (QED) is 0.801. The first-order valence-corrected chi connectivity index (χ1v) is 6.49. The summed E-state index contributed by atoms with van der Waals surface area (Å²) >= 11 is 3.91. The number of ether oxygens (including phenoxy) is 1. The van der Waals surface area contributed by atoms with Crippen molar-refractivity contribution >= 4 is 33.9 Å². The van der Waals surface area contributed by atoms with Gasteiger partial charge in [0.15, 0.2) is 0 Å². The van der Waals surface area contributed by atoms with Gasteiger partial charge in [-0.3, -0.25) is 0 Å². The number of aromatic nitrogens is 1. The van der Waals surface area contributed by atoms with Gasteiger partial charge in [-0.15, -0.1) is 11.3 Å². The van der Waals surface area contributed by atoms with Crippen molar-refractivity contribution in [3.05, 3.63) is 43.9 Å². The molecule has 2 nitrogen and oxygen atoms in total. The second-order valence-electron chi connectivity index (χ2n) is 3.13. The van der Waals surface area contributed by atoms with Crippen LogP contribution in [0.5, 0.6) is 5.75 Å². The summed E-state index contributed by atoms with van der Waals surface area (Å²) in [6, 6.07) is 8.01. The second-order valence-corrected chi connectivity index (χ2v) is 5.31. The van der Waals surface area contributed by atoms with Crippen LogP contribution < -0.4 is 4.74 Å². The monoisotopic (exact) mass is 331 g/mol. The first-order chi connectivity index (χ1) is 7.24. The Bertz CT molecular complexity index is 438. The zero-order valence-electron chi connectivity index (χ0n) is 8.24. The molecule has 2 rings (SSSR count). The fourth-order valence-corrected chi connectivity index (χ4v) is 2.19. The Morgan fingerprint density at radius 2 is 2.07 bits per heavy atom. The molecule has 0 saturated carbocycles. The van der Waals surface area contributed by atoms with Gasteiger partial charge >= 0.3 is 0 Å². The van der Waals surface area contributed by atoms with E-state index in [1.165, 1.54) is 3.57 Å². The molecule has 0 aliphatic rings. The predicted octanol–water partition coefficient (Wildman–Crippen LogP) is 3.64. The maximum atomic E-state index is 5.60. The van der Waals surface area contributed by atoms with Crippen molar-refractivity contribution in [1.82, 2.24) is 4.98 Å². The van der Waals surface area contributed by atoms with E-state index in [9.17, 15) is 0 Å². The standard InChI is InChI=1S/C11H10INOS/c1-8-7-15-11(13-8)6-14-10-4-2-9(12)3-5-10/h2-5,7H,6H2,1H3. The van der Waals surface area contributed by atoms with Gasteiger partial charge in [-0.2, -0.15) is 0 Å². The lowest BCUT2D eigenvalue weighted by Crippen LogP contribution is -1.94. The van der Waals surface area contributed by atoms with Crippen LogP contribution in [-0.4, -0.2) is 4.98 Å². The highest BCUT2D eigenvalue weighted by Gasteiger charge is 1.99. The molecule has 15 heavy (non-hydrogen) atoms. The summed E-state index contributed by atoms with van der Waals surface area (Å²) in [5.74, 6) is 0.892. The third-order valence-corrected chi connectivity index (χ3v) is 3.50. The van der Waals surface area contributed by atoms with Gasteiger partial charge in [0.2, 0.25) is 0 Å². The summed E-state index contributed by atoms with van der Waals surface area (Å²) in [5, 5.41) is 3.05. The maximum absolute atomic E-state index is 5.60. The molecular formula is C11H10INOS. The first kappa shape index (κ1) is 10.9. The lowest BCUT2D eigenvalue weighted by molar-refractivity contribution is 0.305. The highest BCUT2D eigenvalue weighted by Crippen LogP contribution is 2.16. The van der Waals surface area contributed by atoms with Crippen LogP contribution in [0.1, 0.15) is 10.7 Å². The summed E-state index contributed by atoms with van der Waals surface area (Å²) in [6.07, 6.45) is 0. The van der Waals surface area contributed by atoms with Gasteiger partial charge in [0.05, 0.1) is 0 Å². The number of nitrogens with zero attached hydrogens (tertiary/aromatic N) is 1. The number of thiazole rings is 1. The van der Waals surface area contributed by atoms with Gasteiger partial charge in [-0.25, -0.2) is 4.98 Å². The lowest BCUT2D eigenvalue weighted by atomic mass is 10.3. The number of halogens is 1. The highest BCUT2D eigenvalue weighted by atomic mass is 127. The minimum absolute atomic E-state index is 0.555. The topological polar surface area (TPSA) is 22.1 Å². The van der Waals surface area contributed by atoms with Crippen LogP contribution in [0.25, 0.3) is 0 Å². The minimum Gasteiger partial charge on any atom is -0.486 e. The summed E-state index contributed by atoms with van der Waals surface area (Å²) in [5.41, 5.74) is 1.06. The highest BCUT2D eigenvalue weighted by molar-refractivity contribution is 14.1. The molecule has 0 radical (unpaired) electrons. The number of hydrogen-bond acceptors (Lipinski definition) is 3. The van der Waals surface area contributed by atoms with Gasteiger partial charge in [0.1, 0.15) is 17.4 Å². The van der Waals surface area contributed by atoms with Crippen molar-refractivity contribution in [2.24, 2.45) is 0 Å². The Morgan fingerprint density at radius 3 is 2.67 bits per heavy atom. The molecule has 0 amide bonds. The van der Waals surface area contributed by atoms with E-state index < -0.39 is 0 Å². The largest absolute Gasteiger partial charge is 0.486 e. The third-order valence-electron chi connectivity index (χ3n) is 1.84. The average molecular weight is 331 g/mol. The van der Waals surface area contributed by atoms with Gasteiger partial charge in [-0.1, -0.05) is 0 Å². The summed E-state index contributed by atoms with van der Waals surface area (Å²) < 4.78 is 6.82. The summed E-state index contributed by atoms with van der Waals surface area (Å²) in [6.45, 7) is 2.55. The van der Waals surface area contributed by atoms with Crippen LogP contribution in [0.15, 0.2) is 29.6 Å². The van der Waals surface area contributed by atoms with Crippen LogP contribution in [0.3, 0.4) is 0 Å². The number of benzene rings is 1. The molecule has 0 aliphatic carbocycles. The second kappa shape index (κ2) is 4.94. The molecule has 1 heterocycles. The number of rotatable bonds is 3. The Balaban J connectivity index is 1.96. The zero-order chi connectivity index (χ0) is 10.7. The SMILES string of the molecule is Cc1csc(COc2ccc(I)cc2)n1. The van der Waals surface area contributed by atoms with E-state index >= 15 is 0 Å². The van der Waals surface area contributed by atoms with E-state index in [4.69, 9.17) is 4.74 Å². The molecule has 4 heteroatoms. The van der Waals surface area contributed by atoms with Crippen LogP contribution >= 0.6 is 33.9 Å². The maximum Gasteiger partial charge on any atom is 0.140 e. The molecule has 0 bridgehead atoms. The zero-order valence-corrected chi connectivity index (χ0v) is 11.2. The van der Waals surface area contributed by atoms with E-state index in [1.54, 1.807) is 11.3 Å². The number of hydrogen-bond donors (Lipinski definition) is 0. The smallest absolute Gasteiger partial charge is 0.140 e. The van der Waals surface area contributed by atoms with Crippen LogP contribution in [0, 0.1) is 10.5 Å². The van der Waals surface area contributed by atoms with E-state index in [1.807, 2.05) is 36.6 Å². The van der Waals surface area contributed by atoms with E-state index in [2.05, 4.69) is 27.6 Å². The Morgan fingerprint density at radius 1 is 1.33 bits per heavy atom. The van der Waals surface area contributed by atoms with Crippen molar-refractivity contribution in [1.29, 1.82) is 0 Å². The van der Waals surface area contributed by atoms with Gasteiger partial charge in [0.25, 0.3) is 0 Å². The van der Waals surface area contributed by atoms with E-state index in [-0.39, 0.29) is 0 Å². The molecule has 0 fully saturated rings. The molecule has 0 saturated heterocycles. The Kier molecular flexibility index (Phi) is 3.58. The van der Waals surface area contributed by atoms with Crippen molar-refractivity contribution in [2.45, 2.75) is 13.5 Å². The normalized spacial score (nSPS) is 10.3. The van der Waals surface area contributed by atoms with Gasteiger partial charge in [-0.05, 0) is 53.8 Å². The predicted molar refractivity (Wildman–Crippen MR) is 70.3 cm³/mol. The lowest BCUT2D eigenvalue weighted by Gasteiger charge is -2.03. The van der Waals surface area contributed by atoms with Crippen molar-refractivity contribution in [2.75, 3.05) is 0 Å². The van der Waals surface area contributed by atoms with Gasteiger partial charge in [0, 0.05) is 14.6 Å². The van der Waals surface area contributed by atoms with E-state index in [0.29, 0.717) is 6.61 Å². The van der Waals surface area contributed by atoms with Gasteiger partial charge < -0.3 is 4.74 Å². The van der Waals surface area contributed by atoms with Crippen LogP contribution in [0.4, 0.5) is 0 Å². The summed E-state index contributed by atoms with van der Waals surface area (Å²) in [7, 11) is 0. The minimum atomic E-state index is 0.555. The fraction of sp³-hybridized carbons (Fsp3) is 0.182. The van der Waals surface area contributed by atoms with Crippen LogP contribution in [-0.2, 0) is 6.61 Å². The average Bonchev–Trinajstić information content (AvgIpc) is 2.64. The Hall–Kier alpha value is -0.620. The molecule has 0 spiro atoms. The fourth-order valence-electron chi connectivity index (χ4n) is 1.14. The molecular weight excluding hydrogens is 321 g/mol. The molecule has 0 atom stereocenters. The van der Waals surface area contributed by atoms with Crippen molar-refractivity contribution < 1.29 is 4.74 Å². The molecule has 2 aromatic rings. The number of aryl methyl sites for hydroxylation is 1. The van der Waals surface area contributed by atoms with E-state index in [0.717, 1.165) is 16.5 Å². The molecule has 0 N–H and O–H groups in total. The van der Waals surface area contributed by atoms with Crippen molar-refractivity contribution in [3.8, 4) is 5.75 Å². The molecule has 1 aromatic heterocycles. The molecule has 0 unspecified atom stereocenters. The summed E-state index contributed by atoms with van der Waals surface area (Å²) in [4.78, 5) is 4.34. The first-order valence-electron chi connectivity index (χ1n) is 4.53. The third kappa shape index (κ3) is 3.17.